The van der Waals surface area contributed by atoms with Gasteiger partial charge in [-0.1, -0.05) is 6.92 Å². The lowest BCUT2D eigenvalue weighted by molar-refractivity contribution is 0.109. The fourth-order valence-corrected chi connectivity index (χ4v) is 2.71. The maximum atomic E-state index is 5.45. The van der Waals surface area contributed by atoms with Crippen LogP contribution in [0.3, 0.4) is 0 Å². The molecule has 1 rings (SSSR count). The Kier molecular flexibility index (Phi) is 7.09. The summed E-state index contributed by atoms with van der Waals surface area (Å²) >= 11 is 0. The van der Waals surface area contributed by atoms with Crippen molar-refractivity contribution in [2.45, 2.75) is 52.6 Å². The van der Waals surface area contributed by atoms with Gasteiger partial charge < -0.3 is 15.0 Å². The first-order valence-electron chi connectivity index (χ1n) is 7.23. The molecule has 1 heterocycles. The summed E-state index contributed by atoms with van der Waals surface area (Å²) in [4.78, 5) is 2.57. The third-order valence-corrected chi connectivity index (χ3v) is 3.82. The average Bonchev–Trinajstić information content (AvgIpc) is 2.36. The van der Waals surface area contributed by atoms with E-state index in [0.29, 0.717) is 12.1 Å². The average molecular weight is 242 g/mol. The van der Waals surface area contributed by atoms with Crippen LogP contribution in [0.1, 0.15) is 40.5 Å². The van der Waals surface area contributed by atoms with Crippen LogP contribution < -0.4 is 5.32 Å². The van der Waals surface area contributed by atoms with E-state index in [9.17, 15) is 0 Å². The fraction of sp³-hybridized carbons (Fsp3) is 1.00. The largest absolute Gasteiger partial charge is 0.380 e. The molecule has 0 aromatic heterocycles. The lowest BCUT2D eigenvalue weighted by Crippen LogP contribution is -2.47. The number of piperidine rings is 1. The predicted molar refractivity (Wildman–Crippen MR) is 73.4 cm³/mol. The molecule has 0 aromatic rings. The Hall–Kier alpha value is -0.120. The summed E-state index contributed by atoms with van der Waals surface area (Å²) in [5.41, 5.74) is 0. The predicted octanol–water partition coefficient (Wildman–Crippen LogP) is 2.12. The van der Waals surface area contributed by atoms with Crippen LogP contribution >= 0.6 is 0 Å². The minimum atomic E-state index is 0.460. The Labute approximate surface area is 107 Å². The molecule has 1 fully saturated rings. The molecule has 1 aliphatic rings. The van der Waals surface area contributed by atoms with Crippen LogP contribution in [-0.2, 0) is 4.74 Å². The van der Waals surface area contributed by atoms with E-state index in [1.807, 2.05) is 0 Å². The summed E-state index contributed by atoms with van der Waals surface area (Å²) < 4.78 is 5.45. The molecule has 3 atom stereocenters. The first-order chi connectivity index (χ1) is 8.17. The summed E-state index contributed by atoms with van der Waals surface area (Å²) in [6.45, 7) is 14.2. The second-order valence-corrected chi connectivity index (χ2v) is 5.31. The SMILES string of the molecule is CCOCC(C)NC(C)C1CCCN(CC)C1. The molecule has 0 amide bonds. The van der Waals surface area contributed by atoms with Crippen LogP contribution in [0.25, 0.3) is 0 Å². The number of nitrogens with one attached hydrogen (secondary N) is 1. The van der Waals surface area contributed by atoms with Crippen LogP contribution in [-0.4, -0.2) is 49.8 Å². The second kappa shape index (κ2) is 8.06. The zero-order chi connectivity index (χ0) is 12.7. The van der Waals surface area contributed by atoms with Crippen molar-refractivity contribution in [2.75, 3.05) is 32.8 Å². The normalized spacial score (nSPS) is 25.8. The maximum Gasteiger partial charge on any atom is 0.0616 e. The number of rotatable bonds is 7. The van der Waals surface area contributed by atoms with Crippen molar-refractivity contribution in [1.29, 1.82) is 0 Å². The molecule has 0 saturated carbocycles. The van der Waals surface area contributed by atoms with E-state index >= 15 is 0 Å². The van der Waals surface area contributed by atoms with Gasteiger partial charge in [0.15, 0.2) is 0 Å². The Morgan fingerprint density at radius 2 is 2.12 bits per heavy atom. The first-order valence-corrected chi connectivity index (χ1v) is 7.23. The number of nitrogens with zero attached hydrogens (tertiary/aromatic N) is 1. The third-order valence-electron chi connectivity index (χ3n) is 3.82. The number of ether oxygens (including phenoxy) is 1. The molecule has 0 aromatic carbocycles. The molecule has 1 N–H and O–H groups in total. The Morgan fingerprint density at radius 3 is 2.76 bits per heavy atom. The van der Waals surface area contributed by atoms with E-state index in [-0.39, 0.29) is 0 Å². The third kappa shape index (κ3) is 5.36. The molecule has 3 unspecified atom stereocenters. The van der Waals surface area contributed by atoms with E-state index < -0.39 is 0 Å². The smallest absolute Gasteiger partial charge is 0.0616 e. The summed E-state index contributed by atoms with van der Waals surface area (Å²) in [6.07, 6.45) is 2.72. The van der Waals surface area contributed by atoms with E-state index in [4.69, 9.17) is 4.74 Å². The maximum absolute atomic E-state index is 5.45. The molecule has 3 nitrogen and oxygen atoms in total. The van der Waals surface area contributed by atoms with Crippen molar-refractivity contribution in [2.24, 2.45) is 5.92 Å². The monoisotopic (exact) mass is 242 g/mol. The Morgan fingerprint density at radius 1 is 1.35 bits per heavy atom. The Balaban J connectivity index is 2.28. The van der Waals surface area contributed by atoms with Gasteiger partial charge in [-0.3, -0.25) is 0 Å². The van der Waals surface area contributed by atoms with Crippen LogP contribution in [0.4, 0.5) is 0 Å². The van der Waals surface area contributed by atoms with Crippen molar-refractivity contribution in [3.8, 4) is 0 Å². The van der Waals surface area contributed by atoms with E-state index in [2.05, 4.69) is 37.9 Å². The van der Waals surface area contributed by atoms with Crippen LogP contribution in [0.2, 0.25) is 0 Å². The van der Waals surface area contributed by atoms with Crippen molar-refractivity contribution < 1.29 is 4.74 Å². The van der Waals surface area contributed by atoms with Gasteiger partial charge in [-0.25, -0.2) is 0 Å². The number of hydrogen-bond donors (Lipinski definition) is 1. The van der Waals surface area contributed by atoms with E-state index in [1.54, 1.807) is 0 Å². The minimum absolute atomic E-state index is 0.460. The van der Waals surface area contributed by atoms with Gasteiger partial charge in [0, 0.05) is 25.2 Å². The molecule has 17 heavy (non-hydrogen) atoms. The summed E-state index contributed by atoms with van der Waals surface area (Å²) in [6, 6.07) is 1.06. The van der Waals surface area contributed by atoms with Crippen molar-refractivity contribution in [3.05, 3.63) is 0 Å². The second-order valence-electron chi connectivity index (χ2n) is 5.31. The first kappa shape index (κ1) is 14.9. The van der Waals surface area contributed by atoms with Gasteiger partial charge in [0.2, 0.25) is 0 Å². The number of hydrogen-bond acceptors (Lipinski definition) is 3. The van der Waals surface area contributed by atoms with Gasteiger partial charge in [0.1, 0.15) is 0 Å². The van der Waals surface area contributed by atoms with Crippen molar-refractivity contribution in [1.82, 2.24) is 10.2 Å². The lowest BCUT2D eigenvalue weighted by Gasteiger charge is -2.36. The van der Waals surface area contributed by atoms with E-state index in [0.717, 1.165) is 19.1 Å². The molecule has 0 bridgehead atoms. The number of likely N-dealkylation sites (tertiary alicyclic amines) is 1. The summed E-state index contributed by atoms with van der Waals surface area (Å²) in [5.74, 6) is 0.799. The summed E-state index contributed by atoms with van der Waals surface area (Å²) in [7, 11) is 0. The van der Waals surface area contributed by atoms with Crippen molar-refractivity contribution >= 4 is 0 Å². The van der Waals surface area contributed by atoms with Gasteiger partial charge in [-0.2, -0.15) is 0 Å². The Bertz CT molecular complexity index is 199. The quantitative estimate of drug-likeness (QED) is 0.740. The summed E-state index contributed by atoms with van der Waals surface area (Å²) in [5, 5.41) is 3.68. The fourth-order valence-electron chi connectivity index (χ4n) is 2.71. The van der Waals surface area contributed by atoms with Gasteiger partial charge in [-0.05, 0) is 52.6 Å². The zero-order valence-electron chi connectivity index (χ0n) is 12.0. The molecule has 1 aliphatic heterocycles. The van der Waals surface area contributed by atoms with Crippen molar-refractivity contribution in [3.63, 3.8) is 0 Å². The zero-order valence-corrected chi connectivity index (χ0v) is 12.0. The molecular weight excluding hydrogens is 212 g/mol. The van der Waals surface area contributed by atoms with E-state index in [1.165, 1.54) is 32.5 Å². The molecule has 0 radical (unpaired) electrons. The topological polar surface area (TPSA) is 24.5 Å². The van der Waals surface area contributed by atoms with Gasteiger partial charge in [0.25, 0.3) is 0 Å². The highest BCUT2D eigenvalue weighted by molar-refractivity contribution is 4.81. The molecule has 3 heteroatoms. The highest BCUT2D eigenvalue weighted by atomic mass is 16.5. The molecule has 0 spiro atoms. The van der Waals surface area contributed by atoms with Gasteiger partial charge >= 0.3 is 0 Å². The van der Waals surface area contributed by atoms with Crippen LogP contribution in [0.5, 0.6) is 0 Å². The molecule has 0 aliphatic carbocycles. The van der Waals surface area contributed by atoms with Gasteiger partial charge in [0.05, 0.1) is 6.61 Å². The lowest BCUT2D eigenvalue weighted by atomic mass is 9.91. The molecule has 1 saturated heterocycles. The molecular formula is C14H30N2O. The standard InChI is InChI=1S/C14H30N2O/c1-5-16-9-7-8-14(10-16)13(4)15-12(3)11-17-6-2/h12-15H,5-11H2,1-4H3. The highest BCUT2D eigenvalue weighted by Gasteiger charge is 2.24. The van der Waals surface area contributed by atoms with Gasteiger partial charge in [-0.15, -0.1) is 0 Å². The van der Waals surface area contributed by atoms with Crippen LogP contribution in [0.15, 0.2) is 0 Å². The highest BCUT2D eigenvalue weighted by Crippen LogP contribution is 2.19. The van der Waals surface area contributed by atoms with Crippen LogP contribution in [0, 0.1) is 5.92 Å². The molecule has 102 valence electrons. The minimum Gasteiger partial charge on any atom is -0.380 e.